The molecule has 5 rings (SSSR count). The number of benzene rings is 2. The van der Waals surface area contributed by atoms with Gasteiger partial charge in [0.1, 0.15) is 11.4 Å². The molecule has 2 N–H and O–H groups in total. The molecule has 0 radical (unpaired) electrons. The lowest BCUT2D eigenvalue weighted by atomic mass is 9.94. The number of nitrogens with zero attached hydrogens (tertiary/aromatic N) is 3. The smallest absolute Gasteiger partial charge is 0.415 e. The van der Waals surface area contributed by atoms with Gasteiger partial charge >= 0.3 is 12.1 Å². The molecule has 1 unspecified atom stereocenters. The first-order valence-electron chi connectivity index (χ1n) is 14.8. The van der Waals surface area contributed by atoms with E-state index in [-0.39, 0.29) is 11.7 Å². The van der Waals surface area contributed by atoms with Crippen molar-refractivity contribution in [2.24, 2.45) is 0 Å². The van der Waals surface area contributed by atoms with Gasteiger partial charge in [-0.25, -0.2) is 9.59 Å². The molecule has 2 aromatic carbocycles. The number of unbranched alkanes of at least 4 members (excludes halogenated alkanes) is 1. The maximum Gasteiger partial charge on any atom is 0.415 e. The van der Waals surface area contributed by atoms with E-state index >= 15 is 0 Å². The van der Waals surface area contributed by atoms with Gasteiger partial charge in [0, 0.05) is 36.3 Å². The first-order valence-corrected chi connectivity index (χ1v) is 14.8. The van der Waals surface area contributed by atoms with Gasteiger partial charge in [0.2, 0.25) is 0 Å². The second kappa shape index (κ2) is 16.3. The maximum atomic E-state index is 12.7. The van der Waals surface area contributed by atoms with Crippen molar-refractivity contribution in [3.63, 3.8) is 0 Å². The normalized spacial score (nSPS) is 17.9. The van der Waals surface area contributed by atoms with Crippen LogP contribution >= 0.6 is 0 Å². The number of likely N-dealkylation sites (tertiary alicyclic amines) is 1. The van der Waals surface area contributed by atoms with E-state index in [0.717, 1.165) is 74.3 Å². The highest BCUT2D eigenvalue weighted by Crippen LogP contribution is 2.36. The fourth-order valence-electron chi connectivity index (χ4n) is 5.16. The lowest BCUT2D eigenvalue weighted by molar-refractivity contribution is 0.0443. The average Bonchev–Trinajstić information content (AvgIpc) is 3.57. The molecule has 3 aromatic rings. The van der Waals surface area contributed by atoms with Crippen LogP contribution in [0.15, 0.2) is 80.0 Å². The van der Waals surface area contributed by atoms with Crippen molar-refractivity contribution in [3.05, 3.63) is 91.2 Å². The summed E-state index contributed by atoms with van der Waals surface area (Å²) in [5, 5.41) is 16.5. The fourth-order valence-corrected chi connectivity index (χ4v) is 5.16. The van der Waals surface area contributed by atoms with E-state index in [1.807, 2.05) is 56.5 Å². The van der Waals surface area contributed by atoms with Gasteiger partial charge < -0.3 is 14.6 Å². The number of aromatic nitrogens is 2. The van der Waals surface area contributed by atoms with Crippen LogP contribution in [0.1, 0.15) is 61.9 Å². The number of hydrogen-bond donors (Lipinski definition) is 2. The van der Waals surface area contributed by atoms with Crippen molar-refractivity contribution in [1.29, 1.82) is 0 Å². The van der Waals surface area contributed by atoms with E-state index in [2.05, 4.69) is 28.3 Å². The number of carboxylic acid groups (broad SMARTS) is 1. The van der Waals surface area contributed by atoms with E-state index in [4.69, 9.17) is 14.6 Å². The van der Waals surface area contributed by atoms with E-state index in [9.17, 15) is 9.59 Å². The highest BCUT2D eigenvalue weighted by atomic mass is 16.6. The Balaban J connectivity index is 0.000000566. The van der Waals surface area contributed by atoms with Crippen LogP contribution in [0.4, 0.5) is 10.5 Å². The summed E-state index contributed by atoms with van der Waals surface area (Å²) in [6.45, 7) is 14.0. The number of carboxylic acids is 1. The zero-order valence-corrected chi connectivity index (χ0v) is 25.6. The molecule has 2 saturated heterocycles. The number of nitrogens with one attached hydrogen (secondary N) is 1. The van der Waals surface area contributed by atoms with Crippen LogP contribution in [0.25, 0.3) is 11.3 Å². The van der Waals surface area contributed by atoms with Crippen LogP contribution in [0.3, 0.4) is 0 Å². The molecule has 0 aliphatic carbocycles. The Hall–Kier alpha value is -4.37. The number of allylic oxidation sites excluding steroid dienone is 2. The van der Waals surface area contributed by atoms with Crippen LogP contribution in [0, 0.1) is 0 Å². The van der Waals surface area contributed by atoms with Crippen LogP contribution in [-0.2, 0) is 11.3 Å². The Bertz CT molecular complexity index is 1330. The molecular formula is C34H44N4O5. The summed E-state index contributed by atoms with van der Waals surface area (Å²) < 4.78 is 11.2. The molecule has 0 saturated carbocycles. The minimum Gasteiger partial charge on any atom is -0.497 e. The van der Waals surface area contributed by atoms with Crippen molar-refractivity contribution in [2.75, 3.05) is 31.6 Å². The number of rotatable bonds is 9. The Labute approximate surface area is 254 Å². The second-order valence-corrected chi connectivity index (χ2v) is 10.3. The molecule has 1 atom stereocenters. The molecule has 2 aliphatic rings. The molecule has 230 valence electrons. The topological polar surface area (TPSA) is 108 Å². The van der Waals surface area contributed by atoms with Crippen molar-refractivity contribution in [1.82, 2.24) is 15.1 Å². The maximum absolute atomic E-state index is 12.7. The first kappa shape index (κ1) is 33.1. The molecule has 0 bridgehead atoms. The van der Waals surface area contributed by atoms with Gasteiger partial charge in [0.05, 0.1) is 31.1 Å². The van der Waals surface area contributed by atoms with Gasteiger partial charge in [-0.15, -0.1) is 13.2 Å². The molecule has 1 spiro atoms. The van der Waals surface area contributed by atoms with Gasteiger partial charge in [-0.1, -0.05) is 26.0 Å². The molecular weight excluding hydrogens is 544 g/mol. The number of carbonyl (C=O) groups is 2. The standard InChI is InChI=1S/C26H28N4O5.C6H10.C2H6/c1-34-22-9-5-18(6-10-22)23-20(15-27-28-23)16-29-13-2-11-26(12-14-29)17-30(25(33)35-26)21-7-3-19(4-8-21)24(31)32;1-3-5-6-4-2;1-2/h3-10,15H,2,11-14,16-17H2,1H3,(H,27,28)(H,31,32);3-4H,1-2,5-6H2;1-2H3. The molecule has 2 aliphatic heterocycles. The summed E-state index contributed by atoms with van der Waals surface area (Å²) in [6, 6.07) is 14.2. The quantitative estimate of drug-likeness (QED) is 0.199. The van der Waals surface area contributed by atoms with Gasteiger partial charge in [0.15, 0.2) is 0 Å². The molecule has 9 heteroatoms. The Kier molecular flexibility index (Phi) is 12.6. The van der Waals surface area contributed by atoms with Crippen molar-refractivity contribution >= 4 is 17.7 Å². The fraction of sp³-hybridized carbons (Fsp3) is 0.382. The minimum atomic E-state index is -0.992. The number of hydrogen-bond acceptors (Lipinski definition) is 6. The molecule has 3 heterocycles. The van der Waals surface area contributed by atoms with Gasteiger partial charge in [-0.3, -0.25) is 14.9 Å². The predicted molar refractivity (Wildman–Crippen MR) is 171 cm³/mol. The average molecular weight is 589 g/mol. The van der Waals surface area contributed by atoms with E-state index < -0.39 is 11.6 Å². The molecule has 1 aromatic heterocycles. The van der Waals surface area contributed by atoms with Crippen LogP contribution < -0.4 is 9.64 Å². The molecule has 43 heavy (non-hydrogen) atoms. The third-order valence-electron chi connectivity index (χ3n) is 7.45. The summed E-state index contributed by atoms with van der Waals surface area (Å²) >= 11 is 0. The third-order valence-corrected chi connectivity index (χ3v) is 7.45. The summed E-state index contributed by atoms with van der Waals surface area (Å²) in [4.78, 5) is 27.8. The van der Waals surface area contributed by atoms with Crippen molar-refractivity contribution < 1.29 is 24.2 Å². The van der Waals surface area contributed by atoms with Gasteiger partial charge in [-0.2, -0.15) is 5.10 Å². The zero-order valence-electron chi connectivity index (χ0n) is 25.6. The molecule has 9 nitrogen and oxygen atoms in total. The highest BCUT2D eigenvalue weighted by Gasteiger charge is 2.46. The third kappa shape index (κ3) is 8.81. The summed E-state index contributed by atoms with van der Waals surface area (Å²) in [5.41, 5.74) is 3.48. The zero-order chi connectivity index (χ0) is 31.2. The van der Waals surface area contributed by atoms with Crippen LogP contribution in [0.2, 0.25) is 0 Å². The number of amides is 1. The molecule has 1 amide bonds. The van der Waals surface area contributed by atoms with E-state index in [1.165, 1.54) is 12.1 Å². The SMILES string of the molecule is C=CCCC=C.CC.COc1ccc(-c2[nH]ncc2CN2CCCC3(CC2)CN(c2ccc(C(=O)O)cc2)C(=O)O3)cc1. The van der Waals surface area contributed by atoms with E-state index in [1.54, 1.807) is 24.1 Å². The number of anilines is 1. The Morgan fingerprint density at radius 1 is 1.07 bits per heavy atom. The predicted octanol–water partition coefficient (Wildman–Crippen LogP) is 7.33. The summed E-state index contributed by atoms with van der Waals surface area (Å²) in [5.74, 6) is -0.181. The summed E-state index contributed by atoms with van der Waals surface area (Å²) in [6.07, 6.45) is 9.83. The monoisotopic (exact) mass is 588 g/mol. The Morgan fingerprint density at radius 3 is 2.35 bits per heavy atom. The number of H-pyrrole nitrogens is 1. The molecule has 2 fully saturated rings. The number of aromatic carboxylic acids is 1. The van der Waals surface area contributed by atoms with Gasteiger partial charge in [-0.05, 0) is 80.8 Å². The minimum absolute atomic E-state index is 0.189. The largest absolute Gasteiger partial charge is 0.497 e. The lowest BCUT2D eigenvalue weighted by Gasteiger charge is -2.25. The Morgan fingerprint density at radius 2 is 1.74 bits per heavy atom. The van der Waals surface area contributed by atoms with Crippen LogP contribution in [-0.4, -0.2) is 64.6 Å². The van der Waals surface area contributed by atoms with Crippen molar-refractivity contribution in [3.8, 4) is 17.0 Å². The van der Waals surface area contributed by atoms with E-state index in [0.29, 0.717) is 12.2 Å². The number of methoxy groups -OCH3 is 1. The number of ether oxygens (including phenoxy) is 2. The number of aromatic amines is 1. The van der Waals surface area contributed by atoms with Crippen molar-refractivity contribution in [2.45, 2.75) is 58.1 Å². The van der Waals surface area contributed by atoms with Gasteiger partial charge in [0.25, 0.3) is 0 Å². The second-order valence-electron chi connectivity index (χ2n) is 10.3. The summed E-state index contributed by atoms with van der Waals surface area (Å²) in [7, 11) is 1.65. The van der Waals surface area contributed by atoms with Crippen LogP contribution in [0.5, 0.6) is 5.75 Å². The number of carbonyl (C=O) groups excluding carboxylic acids is 1. The highest BCUT2D eigenvalue weighted by molar-refractivity contribution is 5.92. The first-order chi connectivity index (χ1) is 20.9. The lowest BCUT2D eigenvalue weighted by Crippen LogP contribution is -2.36.